The largest absolute Gasteiger partial charge is 0.314 e. The van der Waals surface area contributed by atoms with Gasteiger partial charge in [0.1, 0.15) is 0 Å². The third-order valence-corrected chi connectivity index (χ3v) is 3.09. The Bertz CT molecular complexity index is 458. The summed E-state index contributed by atoms with van der Waals surface area (Å²) in [6.07, 6.45) is 5.79. The molecule has 1 aliphatic heterocycles. The predicted octanol–water partition coefficient (Wildman–Crippen LogP) is 1.94. The number of nitrogens with zero attached hydrogens (tertiary/aromatic N) is 1. The van der Waals surface area contributed by atoms with Crippen molar-refractivity contribution in [3.8, 4) is 12.3 Å². The fourth-order valence-corrected chi connectivity index (χ4v) is 2.20. The van der Waals surface area contributed by atoms with Gasteiger partial charge in [0.2, 0.25) is 5.91 Å². The summed E-state index contributed by atoms with van der Waals surface area (Å²) in [5.74, 6) is 2.68. The number of anilines is 1. The van der Waals surface area contributed by atoms with Crippen LogP contribution in [0.4, 0.5) is 5.69 Å². The lowest BCUT2D eigenvalue weighted by Gasteiger charge is -2.20. The van der Waals surface area contributed by atoms with Crippen LogP contribution in [0, 0.1) is 12.3 Å². The Morgan fingerprint density at radius 3 is 2.80 bits per heavy atom. The average molecular weight is 199 g/mol. The molecule has 1 unspecified atom stereocenters. The summed E-state index contributed by atoms with van der Waals surface area (Å²) in [5, 5.41) is 0. The molecule has 2 nitrogen and oxygen atoms in total. The van der Waals surface area contributed by atoms with Gasteiger partial charge in [-0.3, -0.25) is 4.79 Å². The minimum absolute atomic E-state index is 0.0849. The molecule has 1 atom stereocenters. The Balaban J connectivity index is 2.62. The zero-order chi connectivity index (χ0) is 11.1. The van der Waals surface area contributed by atoms with Crippen LogP contribution in [-0.4, -0.2) is 13.0 Å². The molecule has 0 aromatic heterocycles. The van der Waals surface area contributed by atoms with Crippen molar-refractivity contribution < 1.29 is 4.79 Å². The number of carbonyl (C=O) groups is 1. The molecule has 0 bridgehead atoms. The number of carbonyl (C=O) groups excluding carboxylic acids is 1. The smallest absolute Gasteiger partial charge is 0.238 e. The van der Waals surface area contributed by atoms with E-state index in [0.29, 0.717) is 6.42 Å². The van der Waals surface area contributed by atoms with Crippen molar-refractivity contribution >= 4 is 11.6 Å². The Morgan fingerprint density at radius 1 is 1.47 bits per heavy atom. The fraction of sp³-hybridized carbons (Fsp3) is 0.308. The van der Waals surface area contributed by atoms with E-state index in [9.17, 15) is 4.79 Å². The van der Waals surface area contributed by atoms with Crippen LogP contribution in [0.1, 0.15) is 18.9 Å². The maximum Gasteiger partial charge on any atom is 0.238 e. The molecule has 1 aromatic rings. The van der Waals surface area contributed by atoms with Crippen molar-refractivity contribution in [1.82, 2.24) is 0 Å². The van der Waals surface area contributed by atoms with Gasteiger partial charge in [-0.2, -0.15) is 0 Å². The van der Waals surface area contributed by atoms with E-state index >= 15 is 0 Å². The van der Waals surface area contributed by atoms with Gasteiger partial charge in [0.15, 0.2) is 0 Å². The van der Waals surface area contributed by atoms with E-state index in [4.69, 9.17) is 6.42 Å². The second kappa shape index (κ2) is 3.13. The van der Waals surface area contributed by atoms with E-state index in [0.717, 1.165) is 11.3 Å². The number of terminal acetylenes is 1. The van der Waals surface area contributed by atoms with Crippen molar-refractivity contribution in [3.05, 3.63) is 29.8 Å². The molecule has 0 saturated carbocycles. The molecular weight excluding hydrogens is 186 g/mol. The monoisotopic (exact) mass is 199 g/mol. The maximum atomic E-state index is 12.1. The molecule has 0 radical (unpaired) electrons. The van der Waals surface area contributed by atoms with Crippen LogP contribution in [0.25, 0.3) is 0 Å². The van der Waals surface area contributed by atoms with Crippen molar-refractivity contribution in [2.24, 2.45) is 0 Å². The van der Waals surface area contributed by atoms with Crippen molar-refractivity contribution in [2.75, 3.05) is 11.9 Å². The minimum Gasteiger partial charge on any atom is -0.314 e. The highest BCUT2D eigenvalue weighted by Crippen LogP contribution is 2.42. The molecule has 76 valence electrons. The fourth-order valence-electron chi connectivity index (χ4n) is 2.20. The van der Waals surface area contributed by atoms with E-state index in [1.165, 1.54) is 0 Å². The molecule has 1 aliphatic rings. The third-order valence-electron chi connectivity index (χ3n) is 3.09. The number of amides is 1. The molecule has 2 heteroatoms. The number of hydrogen-bond donors (Lipinski definition) is 0. The van der Waals surface area contributed by atoms with Crippen LogP contribution >= 0.6 is 0 Å². The third kappa shape index (κ3) is 1.16. The molecular formula is C13H13NO. The molecule has 1 heterocycles. The average Bonchev–Trinajstić information content (AvgIpc) is 2.43. The Morgan fingerprint density at radius 2 is 2.13 bits per heavy atom. The quantitative estimate of drug-likeness (QED) is 0.633. The van der Waals surface area contributed by atoms with Gasteiger partial charge in [-0.15, -0.1) is 12.3 Å². The second-order valence-electron chi connectivity index (χ2n) is 4.09. The second-order valence-corrected chi connectivity index (χ2v) is 4.09. The van der Waals surface area contributed by atoms with Gasteiger partial charge in [0.05, 0.1) is 5.41 Å². The summed E-state index contributed by atoms with van der Waals surface area (Å²) >= 11 is 0. The first kappa shape index (κ1) is 9.79. The molecule has 0 N–H and O–H groups in total. The number of hydrogen-bond acceptors (Lipinski definition) is 1. The van der Waals surface area contributed by atoms with E-state index in [1.54, 1.807) is 11.9 Å². The van der Waals surface area contributed by atoms with Gasteiger partial charge in [0, 0.05) is 19.2 Å². The van der Waals surface area contributed by atoms with Crippen LogP contribution in [0.15, 0.2) is 24.3 Å². The van der Waals surface area contributed by atoms with Gasteiger partial charge in [-0.1, -0.05) is 18.2 Å². The van der Waals surface area contributed by atoms with Crippen molar-refractivity contribution in [1.29, 1.82) is 0 Å². The van der Waals surface area contributed by atoms with Gasteiger partial charge in [-0.25, -0.2) is 0 Å². The minimum atomic E-state index is -0.542. The normalized spacial score (nSPS) is 23.8. The summed E-state index contributed by atoms with van der Waals surface area (Å²) in [5.41, 5.74) is 1.47. The van der Waals surface area contributed by atoms with Crippen LogP contribution in [0.3, 0.4) is 0 Å². The van der Waals surface area contributed by atoms with Gasteiger partial charge >= 0.3 is 0 Å². The number of fused-ring (bicyclic) bond motifs is 1. The first-order valence-corrected chi connectivity index (χ1v) is 4.92. The van der Waals surface area contributed by atoms with E-state index < -0.39 is 5.41 Å². The molecule has 1 aromatic carbocycles. The first-order valence-electron chi connectivity index (χ1n) is 4.92. The summed E-state index contributed by atoms with van der Waals surface area (Å²) in [4.78, 5) is 13.8. The maximum absolute atomic E-state index is 12.1. The molecule has 0 spiro atoms. The first-order chi connectivity index (χ1) is 7.11. The summed E-state index contributed by atoms with van der Waals surface area (Å²) in [6, 6.07) is 7.81. The van der Waals surface area contributed by atoms with Gasteiger partial charge in [0.25, 0.3) is 0 Å². The topological polar surface area (TPSA) is 20.3 Å². The van der Waals surface area contributed by atoms with Crippen LogP contribution < -0.4 is 4.90 Å². The number of likely N-dealkylation sites (N-methyl/N-ethyl adjacent to an activating group) is 1. The zero-order valence-corrected chi connectivity index (χ0v) is 8.95. The standard InChI is InChI=1S/C13H13NO/c1-4-9-13(2)10-7-5-6-8-11(10)14(3)12(13)15/h1,5-8H,9H2,2-3H3. The summed E-state index contributed by atoms with van der Waals surface area (Å²) < 4.78 is 0. The van der Waals surface area contributed by atoms with E-state index in [2.05, 4.69) is 5.92 Å². The van der Waals surface area contributed by atoms with Gasteiger partial charge < -0.3 is 4.90 Å². The van der Waals surface area contributed by atoms with Crippen LogP contribution in [-0.2, 0) is 10.2 Å². The van der Waals surface area contributed by atoms with Crippen LogP contribution in [0.5, 0.6) is 0 Å². The molecule has 0 fully saturated rings. The Kier molecular flexibility index (Phi) is 2.04. The number of para-hydroxylation sites is 1. The molecule has 0 saturated heterocycles. The Hall–Kier alpha value is -1.75. The molecule has 15 heavy (non-hydrogen) atoms. The lowest BCUT2D eigenvalue weighted by atomic mass is 9.81. The predicted molar refractivity (Wildman–Crippen MR) is 60.7 cm³/mol. The zero-order valence-electron chi connectivity index (χ0n) is 8.95. The lowest BCUT2D eigenvalue weighted by molar-refractivity contribution is -0.122. The lowest BCUT2D eigenvalue weighted by Crippen LogP contribution is -2.35. The number of rotatable bonds is 1. The van der Waals surface area contributed by atoms with Crippen molar-refractivity contribution in [3.63, 3.8) is 0 Å². The Labute approximate surface area is 89.9 Å². The van der Waals surface area contributed by atoms with E-state index in [-0.39, 0.29) is 5.91 Å². The highest BCUT2D eigenvalue weighted by molar-refractivity contribution is 6.07. The summed E-state index contributed by atoms with van der Waals surface area (Å²) in [7, 11) is 1.79. The molecule has 0 aliphatic carbocycles. The molecule has 2 rings (SSSR count). The SMILES string of the molecule is C#CCC1(C)C(=O)N(C)c2ccccc21. The highest BCUT2D eigenvalue weighted by Gasteiger charge is 2.44. The van der Waals surface area contributed by atoms with E-state index in [1.807, 2.05) is 31.2 Å². The number of benzene rings is 1. The highest BCUT2D eigenvalue weighted by atomic mass is 16.2. The summed E-state index contributed by atoms with van der Waals surface area (Å²) in [6.45, 7) is 1.91. The van der Waals surface area contributed by atoms with Crippen molar-refractivity contribution in [2.45, 2.75) is 18.8 Å². The van der Waals surface area contributed by atoms with Gasteiger partial charge in [-0.05, 0) is 18.6 Å². The van der Waals surface area contributed by atoms with Crippen LogP contribution in [0.2, 0.25) is 0 Å². The molecule has 1 amide bonds.